The summed E-state index contributed by atoms with van der Waals surface area (Å²) in [7, 11) is 0. The van der Waals surface area contributed by atoms with Gasteiger partial charge >= 0.3 is 0 Å². The minimum atomic E-state index is 0.943. The van der Waals surface area contributed by atoms with Gasteiger partial charge in [0.05, 0.1) is 5.69 Å². The van der Waals surface area contributed by atoms with E-state index in [1.807, 2.05) is 0 Å². The van der Waals surface area contributed by atoms with Crippen LogP contribution in [0.1, 0.15) is 18.4 Å². The molecule has 0 spiro atoms. The van der Waals surface area contributed by atoms with E-state index in [0.717, 1.165) is 37.6 Å². The maximum atomic E-state index is 4.58. The van der Waals surface area contributed by atoms with Crippen molar-refractivity contribution in [1.29, 1.82) is 0 Å². The number of aromatic nitrogens is 2. The lowest BCUT2D eigenvalue weighted by atomic mass is 10.0. The SMILES string of the molecule is c1ccc2c(c1)NCCc1c-2ncnc1N1CCCC1. The van der Waals surface area contributed by atoms with Crippen LogP contribution in [0.25, 0.3) is 11.3 Å². The van der Waals surface area contributed by atoms with Crippen molar-refractivity contribution in [3.63, 3.8) is 0 Å². The highest BCUT2D eigenvalue weighted by Crippen LogP contribution is 2.35. The Morgan fingerprint density at radius 3 is 2.80 bits per heavy atom. The first-order chi connectivity index (χ1) is 9.93. The van der Waals surface area contributed by atoms with Crippen molar-refractivity contribution >= 4 is 11.5 Å². The fourth-order valence-corrected chi connectivity index (χ4v) is 3.23. The van der Waals surface area contributed by atoms with E-state index in [1.165, 1.54) is 29.7 Å². The van der Waals surface area contributed by atoms with Crippen molar-refractivity contribution < 1.29 is 0 Å². The zero-order chi connectivity index (χ0) is 13.4. The van der Waals surface area contributed by atoms with E-state index in [2.05, 4.69) is 44.5 Å². The molecule has 0 bridgehead atoms. The first-order valence-electron chi connectivity index (χ1n) is 7.35. The van der Waals surface area contributed by atoms with Gasteiger partial charge < -0.3 is 10.2 Å². The Kier molecular flexibility index (Phi) is 2.80. The Labute approximate surface area is 118 Å². The number of rotatable bonds is 1. The molecule has 102 valence electrons. The Hall–Kier alpha value is -2.10. The van der Waals surface area contributed by atoms with Crippen LogP contribution >= 0.6 is 0 Å². The topological polar surface area (TPSA) is 41.1 Å². The summed E-state index contributed by atoms with van der Waals surface area (Å²) in [5.74, 6) is 1.14. The number of hydrogen-bond donors (Lipinski definition) is 1. The standard InChI is InChI=1S/C16H18N4/c1-2-6-14-12(5-1)15-13(7-8-17-14)16(19-11-18-15)20-9-3-4-10-20/h1-2,5-6,11,17H,3-4,7-10H2. The molecule has 2 aliphatic heterocycles. The predicted molar refractivity (Wildman–Crippen MR) is 81.1 cm³/mol. The van der Waals surface area contributed by atoms with Gasteiger partial charge in [-0.25, -0.2) is 9.97 Å². The molecule has 2 aromatic rings. The van der Waals surface area contributed by atoms with E-state index < -0.39 is 0 Å². The highest BCUT2D eigenvalue weighted by atomic mass is 15.2. The third-order valence-corrected chi connectivity index (χ3v) is 4.20. The molecule has 0 aliphatic carbocycles. The highest BCUT2D eigenvalue weighted by Gasteiger charge is 2.23. The summed E-state index contributed by atoms with van der Waals surface area (Å²) in [5, 5.41) is 3.50. The number of nitrogens with zero attached hydrogens (tertiary/aromatic N) is 3. The number of anilines is 2. The molecular weight excluding hydrogens is 248 g/mol. The molecule has 20 heavy (non-hydrogen) atoms. The van der Waals surface area contributed by atoms with Crippen molar-refractivity contribution in [2.75, 3.05) is 29.9 Å². The predicted octanol–water partition coefficient (Wildman–Crippen LogP) is 2.71. The molecule has 0 amide bonds. The lowest BCUT2D eigenvalue weighted by Gasteiger charge is -2.20. The highest BCUT2D eigenvalue weighted by molar-refractivity contribution is 5.81. The van der Waals surface area contributed by atoms with E-state index in [4.69, 9.17) is 0 Å². The number of hydrogen-bond acceptors (Lipinski definition) is 4. The number of benzene rings is 1. The minimum Gasteiger partial charge on any atom is -0.384 e. The van der Waals surface area contributed by atoms with Gasteiger partial charge in [0.1, 0.15) is 12.1 Å². The number of fused-ring (bicyclic) bond motifs is 3. The molecule has 0 unspecified atom stereocenters. The fourth-order valence-electron chi connectivity index (χ4n) is 3.23. The quantitative estimate of drug-likeness (QED) is 0.861. The molecule has 1 aromatic heterocycles. The van der Waals surface area contributed by atoms with Gasteiger partial charge in [0, 0.05) is 36.4 Å². The molecule has 1 N–H and O–H groups in total. The Bertz CT molecular complexity index is 632. The van der Waals surface area contributed by atoms with E-state index in [1.54, 1.807) is 6.33 Å². The molecule has 4 rings (SSSR count). The number of nitrogens with one attached hydrogen (secondary N) is 1. The summed E-state index contributed by atoms with van der Waals surface area (Å²) in [5.41, 5.74) is 4.77. The van der Waals surface area contributed by atoms with Crippen LogP contribution in [-0.2, 0) is 6.42 Å². The largest absolute Gasteiger partial charge is 0.384 e. The van der Waals surface area contributed by atoms with Gasteiger partial charge in [0.2, 0.25) is 0 Å². The second kappa shape index (κ2) is 4.78. The fraction of sp³-hybridized carbons (Fsp3) is 0.375. The van der Waals surface area contributed by atoms with Crippen LogP contribution < -0.4 is 10.2 Å². The zero-order valence-electron chi connectivity index (χ0n) is 11.5. The van der Waals surface area contributed by atoms with Crippen LogP contribution in [0.15, 0.2) is 30.6 Å². The average Bonchev–Trinajstić information content (AvgIpc) is 2.95. The smallest absolute Gasteiger partial charge is 0.135 e. The molecule has 4 heteroatoms. The average molecular weight is 266 g/mol. The second-order valence-corrected chi connectivity index (χ2v) is 5.44. The molecule has 0 saturated carbocycles. The van der Waals surface area contributed by atoms with Crippen molar-refractivity contribution in [3.8, 4) is 11.3 Å². The molecule has 4 nitrogen and oxygen atoms in total. The summed E-state index contributed by atoms with van der Waals surface area (Å²) in [6.07, 6.45) is 5.24. The van der Waals surface area contributed by atoms with Crippen molar-refractivity contribution in [1.82, 2.24) is 9.97 Å². The molecule has 1 saturated heterocycles. The van der Waals surface area contributed by atoms with Crippen molar-refractivity contribution in [3.05, 3.63) is 36.2 Å². The second-order valence-electron chi connectivity index (χ2n) is 5.44. The maximum absolute atomic E-state index is 4.58. The van der Waals surface area contributed by atoms with Crippen molar-refractivity contribution in [2.45, 2.75) is 19.3 Å². The Balaban J connectivity index is 1.88. The Morgan fingerprint density at radius 1 is 1.05 bits per heavy atom. The van der Waals surface area contributed by atoms with Gasteiger partial charge in [0.15, 0.2) is 0 Å². The molecule has 0 radical (unpaired) electrons. The van der Waals surface area contributed by atoms with E-state index in [0.29, 0.717) is 0 Å². The molecular formula is C16H18N4. The van der Waals surface area contributed by atoms with Gasteiger partial charge in [-0.05, 0) is 25.3 Å². The van der Waals surface area contributed by atoms with Crippen LogP contribution in [0, 0.1) is 0 Å². The minimum absolute atomic E-state index is 0.943. The van der Waals surface area contributed by atoms with Gasteiger partial charge in [-0.1, -0.05) is 18.2 Å². The summed E-state index contributed by atoms with van der Waals surface area (Å²) >= 11 is 0. The summed E-state index contributed by atoms with van der Waals surface area (Å²) in [4.78, 5) is 11.6. The van der Waals surface area contributed by atoms with Crippen LogP contribution in [0.5, 0.6) is 0 Å². The van der Waals surface area contributed by atoms with Crippen LogP contribution in [-0.4, -0.2) is 29.6 Å². The Morgan fingerprint density at radius 2 is 1.90 bits per heavy atom. The first-order valence-corrected chi connectivity index (χ1v) is 7.35. The molecule has 3 heterocycles. The van der Waals surface area contributed by atoms with Gasteiger partial charge in [0.25, 0.3) is 0 Å². The first kappa shape index (κ1) is 11.7. The third kappa shape index (κ3) is 1.83. The van der Waals surface area contributed by atoms with Gasteiger partial charge in [-0.2, -0.15) is 0 Å². The van der Waals surface area contributed by atoms with Crippen LogP contribution in [0.3, 0.4) is 0 Å². The lowest BCUT2D eigenvalue weighted by molar-refractivity contribution is 0.894. The number of para-hydroxylation sites is 1. The van der Waals surface area contributed by atoms with E-state index >= 15 is 0 Å². The van der Waals surface area contributed by atoms with Gasteiger partial charge in [-0.15, -0.1) is 0 Å². The van der Waals surface area contributed by atoms with Gasteiger partial charge in [-0.3, -0.25) is 0 Å². The van der Waals surface area contributed by atoms with E-state index in [-0.39, 0.29) is 0 Å². The molecule has 1 fully saturated rings. The lowest BCUT2D eigenvalue weighted by Crippen LogP contribution is -2.21. The monoisotopic (exact) mass is 266 g/mol. The maximum Gasteiger partial charge on any atom is 0.135 e. The molecule has 0 atom stereocenters. The zero-order valence-corrected chi connectivity index (χ0v) is 11.5. The van der Waals surface area contributed by atoms with E-state index in [9.17, 15) is 0 Å². The molecule has 1 aromatic carbocycles. The van der Waals surface area contributed by atoms with Crippen LogP contribution in [0.4, 0.5) is 11.5 Å². The summed E-state index contributed by atoms with van der Waals surface area (Å²) in [6, 6.07) is 8.42. The third-order valence-electron chi connectivity index (χ3n) is 4.20. The summed E-state index contributed by atoms with van der Waals surface area (Å²) in [6.45, 7) is 3.19. The molecule has 2 aliphatic rings. The van der Waals surface area contributed by atoms with Crippen LogP contribution in [0.2, 0.25) is 0 Å². The van der Waals surface area contributed by atoms with Crippen molar-refractivity contribution in [2.24, 2.45) is 0 Å². The normalized spacial score (nSPS) is 17.1. The summed E-state index contributed by atoms with van der Waals surface area (Å²) < 4.78 is 0.